The Balaban J connectivity index is 1.48. The summed E-state index contributed by atoms with van der Waals surface area (Å²) in [6.07, 6.45) is 3.30. The Labute approximate surface area is 208 Å². The number of aromatic nitrogens is 2. The standard InChI is InChI=1S/C23H20BrN5O4S/c1-32-12-11-28-14-21(33-27-28)26-20(30)15-34-23-25-19(13-16-7-9-17(24)10-8-16)22(31)29(23)18-5-3-2-4-6-18/h2-10,13-14H,11-12,15H2,1H3/p+1/b19-13+. The van der Waals surface area contributed by atoms with Crippen molar-refractivity contribution in [2.45, 2.75) is 6.54 Å². The molecule has 11 heteroatoms. The number of halogens is 1. The van der Waals surface area contributed by atoms with Gasteiger partial charge in [0.05, 0.1) is 11.4 Å². The fraction of sp³-hybridized carbons (Fsp3) is 0.174. The summed E-state index contributed by atoms with van der Waals surface area (Å²) in [7, 11) is 1.59. The van der Waals surface area contributed by atoms with Gasteiger partial charge in [-0.1, -0.05) is 58.0 Å². The summed E-state index contributed by atoms with van der Waals surface area (Å²) < 4.78 is 12.6. The highest BCUT2D eigenvalue weighted by molar-refractivity contribution is 9.10. The molecule has 4 rings (SSSR count). The van der Waals surface area contributed by atoms with E-state index in [9.17, 15) is 9.59 Å². The lowest BCUT2D eigenvalue weighted by Crippen LogP contribution is -2.36. The second-order valence-corrected chi connectivity index (χ2v) is 8.97. The van der Waals surface area contributed by atoms with Crippen LogP contribution >= 0.6 is 27.7 Å². The van der Waals surface area contributed by atoms with E-state index in [-0.39, 0.29) is 23.5 Å². The van der Waals surface area contributed by atoms with Crippen molar-refractivity contribution in [3.63, 3.8) is 0 Å². The van der Waals surface area contributed by atoms with E-state index in [0.29, 0.717) is 29.7 Å². The maximum atomic E-state index is 13.2. The summed E-state index contributed by atoms with van der Waals surface area (Å²) in [4.78, 5) is 31.7. The van der Waals surface area contributed by atoms with E-state index in [1.807, 2.05) is 54.6 Å². The smallest absolute Gasteiger partial charge is 0.302 e. The van der Waals surface area contributed by atoms with Gasteiger partial charge in [-0.2, -0.15) is 0 Å². The molecule has 34 heavy (non-hydrogen) atoms. The van der Waals surface area contributed by atoms with Gasteiger partial charge in [0.1, 0.15) is 12.3 Å². The third kappa shape index (κ3) is 5.99. The second-order valence-electron chi connectivity index (χ2n) is 7.11. The lowest BCUT2D eigenvalue weighted by atomic mass is 10.2. The molecule has 2 aromatic carbocycles. The number of amides is 2. The molecule has 0 radical (unpaired) electrons. The summed E-state index contributed by atoms with van der Waals surface area (Å²) in [5, 5.41) is 6.89. The van der Waals surface area contributed by atoms with Gasteiger partial charge in [-0.25, -0.2) is 4.99 Å². The molecule has 0 bridgehead atoms. The molecule has 1 N–H and O–H groups in total. The molecule has 1 aromatic heterocycles. The minimum Gasteiger partial charge on any atom is -0.378 e. The van der Waals surface area contributed by atoms with Crippen LogP contribution in [0.4, 0.5) is 11.6 Å². The lowest BCUT2D eigenvalue weighted by molar-refractivity contribution is -0.763. The number of hydrogen-bond acceptors (Lipinski definition) is 7. The molecule has 1 aliphatic heterocycles. The molecule has 0 atom stereocenters. The van der Waals surface area contributed by atoms with E-state index in [0.717, 1.165) is 21.8 Å². The summed E-state index contributed by atoms with van der Waals surface area (Å²) in [5.74, 6) is -0.318. The largest absolute Gasteiger partial charge is 0.378 e. The van der Waals surface area contributed by atoms with Gasteiger partial charge in [0.25, 0.3) is 12.1 Å². The van der Waals surface area contributed by atoms with Crippen LogP contribution in [-0.2, 0) is 20.9 Å². The van der Waals surface area contributed by atoms with Crippen LogP contribution in [0.15, 0.2) is 80.5 Å². The van der Waals surface area contributed by atoms with Gasteiger partial charge in [0.15, 0.2) is 5.17 Å². The molecule has 174 valence electrons. The molecule has 0 spiro atoms. The monoisotopic (exact) mass is 542 g/mol. The Morgan fingerprint density at radius 1 is 1.24 bits per heavy atom. The van der Waals surface area contributed by atoms with Crippen LogP contribution in [0.3, 0.4) is 0 Å². The van der Waals surface area contributed by atoms with Crippen molar-refractivity contribution < 1.29 is 23.5 Å². The Morgan fingerprint density at radius 2 is 2.00 bits per heavy atom. The first-order valence-corrected chi connectivity index (χ1v) is 12.0. The highest BCUT2D eigenvalue weighted by atomic mass is 79.9. The number of nitrogens with one attached hydrogen (secondary N) is 1. The van der Waals surface area contributed by atoms with E-state index < -0.39 is 0 Å². The van der Waals surface area contributed by atoms with Gasteiger partial charge < -0.3 is 4.74 Å². The minimum absolute atomic E-state index is 0.0276. The number of hydrogen-bond donors (Lipinski definition) is 1. The van der Waals surface area contributed by atoms with Crippen LogP contribution in [-0.4, -0.2) is 41.7 Å². The van der Waals surface area contributed by atoms with Crippen molar-refractivity contribution in [2.75, 3.05) is 29.7 Å². The van der Waals surface area contributed by atoms with E-state index in [4.69, 9.17) is 9.26 Å². The van der Waals surface area contributed by atoms with Crippen LogP contribution < -0.4 is 14.9 Å². The highest BCUT2D eigenvalue weighted by Gasteiger charge is 2.32. The molecular weight excluding hydrogens is 522 g/mol. The molecule has 0 unspecified atom stereocenters. The molecule has 0 saturated heterocycles. The predicted octanol–water partition coefficient (Wildman–Crippen LogP) is 3.49. The average Bonchev–Trinajstić information content (AvgIpc) is 3.42. The number of para-hydroxylation sites is 1. The molecule has 0 aliphatic carbocycles. The van der Waals surface area contributed by atoms with Gasteiger partial charge in [0, 0.05) is 11.6 Å². The fourth-order valence-electron chi connectivity index (χ4n) is 3.04. The maximum Gasteiger partial charge on any atom is 0.302 e. The van der Waals surface area contributed by atoms with Crippen molar-refractivity contribution in [2.24, 2.45) is 4.99 Å². The first kappa shape index (κ1) is 23.9. The van der Waals surface area contributed by atoms with Crippen molar-refractivity contribution in [3.8, 4) is 0 Å². The lowest BCUT2D eigenvalue weighted by Gasteiger charge is -2.17. The van der Waals surface area contributed by atoms with Crippen molar-refractivity contribution >= 4 is 62.3 Å². The average molecular weight is 543 g/mol. The van der Waals surface area contributed by atoms with E-state index in [1.165, 1.54) is 9.58 Å². The number of nitrogens with zero attached hydrogens (tertiary/aromatic N) is 4. The number of methoxy groups -OCH3 is 1. The number of rotatable bonds is 8. The molecule has 9 nitrogen and oxygen atoms in total. The zero-order chi connectivity index (χ0) is 23.9. The summed E-state index contributed by atoms with van der Waals surface area (Å²) in [6, 6.07) is 16.8. The van der Waals surface area contributed by atoms with Crippen molar-refractivity contribution in [1.29, 1.82) is 0 Å². The van der Waals surface area contributed by atoms with E-state index >= 15 is 0 Å². The number of benzene rings is 2. The van der Waals surface area contributed by atoms with Crippen LogP contribution in [0.5, 0.6) is 0 Å². The Morgan fingerprint density at radius 3 is 2.74 bits per heavy atom. The Bertz CT molecular complexity index is 1230. The van der Waals surface area contributed by atoms with Gasteiger partial charge in [-0.3, -0.25) is 24.3 Å². The number of aliphatic imine (C=N–C) groups is 1. The van der Waals surface area contributed by atoms with Crippen LogP contribution in [0.2, 0.25) is 0 Å². The minimum atomic E-state index is -0.312. The van der Waals surface area contributed by atoms with Gasteiger partial charge in [-0.15, -0.1) is 0 Å². The first-order chi connectivity index (χ1) is 16.5. The Kier molecular flexibility index (Phi) is 7.88. The van der Waals surface area contributed by atoms with Crippen LogP contribution in [0.1, 0.15) is 5.56 Å². The number of amidine groups is 1. The first-order valence-electron chi connectivity index (χ1n) is 10.3. The SMILES string of the molecule is COCC[n+]1cc(NC(=O)CSC2=N/C(=C/c3ccc(Br)cc3)C(=O)N2c2ccccc2)on1. The number of carbonyl (C=O) groups excluding carboxylic acids is 2. The zero-order valence-electron chi connectivity index (χ0n) is 18.2. The second kappa shape index (κ2) is 11.2. The van der Waals surface area contributed by atoms with Gasteiger partial charge >= 0.3 is 5.88 Å². The molecule has 3 aromatic rings. The molecule has 0 fully saturated rings. The zero-order valence-corrected chi connectivity index (χ0v) is 20.6. The number of ether oxygens (including phenoxy) is 1. The van der Waals surface area contributed by atoms with Crippen molar-refractivity contribution in [3.05, 3.63) is 76.5 Å². The number of anilines is 2. The molecule has 0 saturated carbocycles. The van der Waals surface area contributed by atoms with Crippen LogP contribution in [0.25, 0.3) is 6.08 Å². The molecule has 2 heterocycles. The quantitative estimate of drug-likeness (QED) is 0.345. The summed E-state index contributed by atoms with van der Waals surface area (Å²) in [6.45, 7) is 0.975. The summed E-state index contributed by atoms with van der Waals surface area (Å²) >= 11 is 4.57. The van der Waals surface area contributed by atoms with Gasteiger partial charge in [0.2, 0.25) is 17.7 Å². The van der Waals surface area contributed by atoms with E-state index in [1.54, 1.807) is 19.4 Å². The fourth-order valence-corrected chi connectivity index (χ4v) is 4.12. The topological polar surface area (TPSA) is 101 Å². The molecule has 1 aliphatic rings. The van der Waals surface area contributed by atoms with Crippen LogP contribution in [0, 0.1) is 0 Å². The number of carbonyl (C=O) groups is 2. The molecular formula is C23H21BrN5O4S+. The third-order valence-corrected chi connectivity index (χ3v) is 6.11. The summed E-state index contributed by atoms with van der Waals surface area (Å²) in [5.41, 5.74) is 1.82. The number of thioether (sulfide) groups is 1. The maximum absolute atomic E-state index is 13.2. The van der Waals surface area contributed by atoms with Gasteiger partial charge in [-0.05, 0) is 40.6 Å². The van der Waals surface area contributed by atoms with Crippen molar-refractivity contribution in [1.82, 2.24) is 5.27 Å². The Hall–Kier alpha value is -3.28. The third-order valence-electron chi connectivity index (χ3n) is 4.65. The molecule has 2 amide bonds. The van der Waals surface area contributed by atoms with E-state index in [2.05, 4.69) is 31.5 Å². The highest BCUT2D eigenvalue weighted by Crippen LogP contribution is 2.29. The predicted molar refractivity (Wildman–Crippen MR) is 133 cm³/mol. The normalized spacial score (nSPS) is 14.5.